The summed E-state index contributed by atoms with van der Waals surface area (Å²) >= 11 is 1.33. The zero-order valence-electron chi connectivity index (χ0n) is 18.3. The Morgan fingerprint density at radius 2 is 1.76 bits per heavy atom. The molecular formula is C22H26N4O6S. The van der Waals surface area contributed by atoms with Gasteiger partial charge in [-0.1, -0.05) is 30.3 Å². The molecule has 1 saturated heterocycles. The van der Waals surface area contributed by atoms with E-state index in [0.717, 1.165) is 5.56 Å². The Bertz CT molecular complexity index is 1000. The van der Waals surface area contributed by atoms with E-state index in [1.165, 1.54) is 21.1 Å². The molecule has 0 unspecified atom stereocenters. The van der Waals surface area contributed by atoms with Crippen molar-refractivity contribution >= 4 is 35.2 Å². The molecule has 0 spiro atoms. The summed E-state index contributed by atoms with van der Waals surface area (Å²) in [7, 11) is 0. The number of piperazine rings is 1. The highest BCUT2D eigenvalue weighted by Gasteiger charge is 2.25. The molecule has 1 aliphatic heterocycles. The summed E-state index contributed by atoms with van der Waals surface area (Å²) in [5.41, 5.74) is 1.04. The Kier molecular flexibility index (Phi) is 8.36. The Morgan fingerprint density at radius 1 is 1.09 bits per heavy atom. The summed E-state index contributed by atoms with van der Waals surface area (Å²) in [6, 6.07) is 9.40. The first-order valence-electron chi connectivity index (χ1n) is 10.6. The Hall–Kier alpha value is -3.47. The van der Waals surface area contributed by atoms with Gasteiger partial charge in [-0.2, -0.15) is 0 Å². The largest absolute Gasteiger partial charge is 0.466 e. The van der Waals surface area contributed by atoms with E-state index in [4.69, 9.17) is 9.84 Å². The molecule has 2 N–H and O–H groups in total. The number of hydrogen-bond donors (Lipinski definition) is 2. The number of carbonyl (C=O) groups is 4. The molecule has 2 aromatic rings. The summed E-state index contributed by atoms with van der Waals surface area (Å²) in [4.78, 5) is 56.0. The molecule has 1 fully saturated rings. The van der Waals surface area contributed by atoms with Crippen LogP contribution in [0.3, 0.4) is 0 Å². The van der Waals surface area contributed by atoms with E-state index in [1.807, 2.05) is 30.3 Å². The fourth-order valence-corrected chi connectivity index (χ4v) is 4.41. The van der Waals surface area contributed by atoms with Crippen molar-refractivity contribution in [1.82, 2.24) is 20.1 Å². The summed E-state index contributed by atoms with van der Waals surface area (Å²) < 4.78 is 4.98. The van der Waals surface area contributed by atoms with E-state index in [-0.39, 0.29) is 63.3 Å². The van der Waals surface area contributed by atoms with Gasteiger partial charge in [-0.25, -0.2) is 9.78 Å². The number of amides is 3. The lowest BCUT2D eigenvalue weighted by atomic mass is 10.2. The molecule has 1 aromatic carbocycles. The van der Waals surface area contributed by atoms with Gasteiger partial charge in [-0.15, -0.1) is 11.3 Å². The Balaban J connectivity index is 1.66. The van der Waals surface area contributed by atoms with Gasteiger partial charge >= 0.3 is 12.1 Å². The smallest absolute Gasteiger partial charge is 0.407 e. The van der Waals surface area contributed by atoms with E-state index in [0.29, 0.717) is 16.3 Å². The standard InChI is InChI=1S/C22H26N4O6S/c1-2-32-18(28)9-8-16-19(24-21(33-16)15-6-4-3-5-7-15)20(29)23-14-17(27)25-10-12-26(13-11-25)22(30)31/h3-7H,2,8-14H2,1H3,(H,23,29)(H,30,31). The van der Waals surface area contributed by atoms with Crippen LogP contribution in [0.1, 0.15) is 28.7 Å². The summed E-state index contributed by atoms with van der Waals surface area (Å²) in [6.07, 6.45) is -0.586. The highest BCUT2D eigenvalue weighted by atomic mass is 32.1. The number of nitrogens with zero attached hydrogens (tertiary/aromatic N) is 3. The van der Waals surface area contributed by atoms with Crippen LogP contribution in [-0.2, 0) is 20.7 Å². The number of thiazole rings is 1. The third-order valence-corrected chi connectivity index (χ3v) is 6.26. The van der Waals surface area contributed by atoms with Gasteiger partial charge in [-0.3, -0.25) is 14.4 Å². The van der Waals surface area contributed by atoms with Crippen molar-refractivity contribution in [3.63, 3.8) is 0 Å². The maximum Gasteiger partial charge on any atom is 0.407 e. The van der Waals surface area contributed by atoms with Crippen LogP contribution in [0.15, 0.2) is 30.3 Å². The summed E-state index contributed by atoms with van der Waals surface area (Å²) in [5, 5.41) is 12.3. The first kappa shape index (κ1) is 24.2. The third kappa shape index (κ3) is 6.51. The van der Waals surface area contributed by atoms with Gasteiger partial charge in [0.05, 0.1) is 19.6 Å². The molecule has 10 nitrogen and oxygen atoms in total. The van der Waals surface area contributed by atoms with E-state index in [2.05, 4.69) is 10.3 Å². The van der Waals surface area contributed by atoms with Gasteiger partial charge in [0, 0.05) is 36.6 Å². The molecular weight excluding hydrogens is 448 g/mol. The van der Waals surface area contributed by atoms with Gasteiger partial charge in [0.1, 0.15) is 10.7 Å². The average molecular weight is 475 g/mol. The molecule has 1 aliphatic rings. The Morgan fingerprint density at radius 3 is 2.39 bits per heavy atom. The zero-order chi connectivity index (χ0) is 23.8. The number of nitrogens with one attached hydrogen (secondary N) is 1. The molecule has 0 bridgehead atoms. The molecule has 3 amide bonds. The number of hydrogen-bond acceptors (Lipinski definition) is 7. The van der Waals surface area contributed by atoms with Crippen molar-refractivity contribution in [2.24, 2.45) is 0 Å². The minimum absolute atomic E-state index is 0.122. The number of ether oxygens (including phenoxy) is 1. The molecule has 3 rings (SSSR count). The molecule has 11 heteroatoms. The molecule has 33 heavy (non-hydrogen) atoms. The number of rotatable bonds is 8. The van der Waals surface area contributed by atoms with Crippen molar-refractivity contribution in [3.8, 4) is 10.6 Å². The van der Waals surface area contributed by atoms with Gasteiger partial charge in [0.25, 0.3) is 5.91 Å². The zero-order valence-corrected chi connectivity index (χ0v) is 19.1. The van der Waals surface area contributed by atoms with Crippen LogP contribution in [-0.4, -0.2) is 83.1 Å². The monoisotopic (exact) mass is 474 g/mol. The molecule has 1 aromatic heterocycles. The third-order valence-electron chi connectivity index (χ3n) is 5.10. The first-order valence-corrected chi connectivity index (χ1v) is 11.4. The molecule has 2 heterocycles. The van der Waals surface area contributed by atoms with Crippen LogP contribution in [0.4, 0.5) is 4.79 Å². The molecule has 0 aliphatic carbocycles. The summed E-state index contributed by atoms with van der Waals surface area (Å²) in [5.74, 6) is -1.14. The lowest BCUT2D eigenvalue weighted by Crippen LogP contribution is -2.52. The minimum atomic E-state index is -1.01. The highest BCUT2D eigenvalue weighted by Crippen LogP contribution is 2.29. The number of aromatic nitrogens is 1. The van der Waals surface area contributed by atoms with Crippen molar-refractivity contribution in [3.05, 3.63) is 40.9 Å². The second-order valence-corrected chi connectivity index (χ2v) is 8.38. The van der Waals surface area contributed by atoms with Crippen LogP contribution in [0, 0.1) is 0 Å². The predicted molar refractivity (Wildman–Crippen MR) is 121 cm³/mol. The van der Waals surface area contributed by atoms with E-state index in [9.17, 15) is 19.2 Å². The second kappa shape index (κ2) is 11.4. The van der Waals surface area contributed by atoms with Crippen molar-refractivity contribution < 1.29 is 29.0 Å². The van der Waals surface area contributed by atoms with E-state index < -0.39 is 12.0 Å². The van der Waals surface area contributed by atoms with Crippen LogP contribution in [0.5, 0.6) is 0 Å². The van der Waals surface area contributed by atoms with Crippen LogP contribution < -0.4 is 5.32 Å². The predicted octanol–water partition coefficient (Wildman–Crippen LogP) is 1.86. The number of aryl methyl sites for hydroxylation is 1. The molecule has 176 valence electrons. The van der Waals surface area contributed by atoms with Crippen molar-refractivity contribution in [1.29, 1.82) is 0 Å². The topological polar surface area (TPSA) is 129 Å². The highest BCUT2D eigenvalue weighted by molar-refractivity contribution is 7.15. The number of esters is 1. The van der Waals surface area contributed by atoms with Crippen molar-refractivity contribution in [2.45, 2.75) is 19.8 Å². The van der Waals surface area contributed by atoms with E-state index >= 15 is 0 Å². The molecule has 0 saturated carbocycles. The summed E-state index contributed by atoms with van der Waals surface area (Å²) in [6.45, 7) is 2.82. The lowest BCUT2D eigenvalue weighted by Gasteiger charge is -2.33. The first-order chi connectivity index (χ1) is 15.9. The maximum absolute atomic E-state index is 12.9. The van der Waals surface area contributed by atoms with Crippen LogP contribution in [0.2, 0.25) is 0 Å². The fraction of sp³-hybridized carbons (Fsp3) is 0.409. The fourth-order valence-electron chi connectivity index (χ4n) is 3.35. The normalized spacial score (nSPS) is 13.5. The van der Waals surface area contributed by atoms with Gasteiger partial charge in [-0.05, 0) is 13.3 Å². The molecule has 0 atom stereocenters. The van der Waals surface area contributed by atoms with Crippen LogP contribution in [0.25, 0.3) is 10.6 Å². The Labute approximate surface area is 195 Å². The number of benzene rings is 1. The molecule has 0 radical (unpaired) electrons. The van der Waals surface area contributed by atoms with Crippen LogP contribution >= 0.6 is 11.3 Å². The average Bonchev–Trinajstić information content (AvgIpc) is 3.26. The SMILES string of the molecule is CCOC(=O)CCc1sc(-c2ccccc2)nc1C(=O)NCC(=O)N1CCN(C(=O)O)CC1. The number of carboxylic acid groups (broad SMARTS) is 1. The van der Waals surface area contributed by atoms with E-state index in [1.54, 1.807) is 6.92 Å². The maximum atomic E-state index is 12.9. The lowest BCUT2D eigenvalue weighted by molar-refractivity contribution is -0.143. The van der Waals surface area contributed by atoms with Gasteiger partial charge in [0.15, 0.2) is 0 Å². The van der Waals surface area contributed by atoms with Crippen molar-refractivity contribution in [2.75, 3.05) is 39.3 Å². The minimum Gasteiger partial charge on any atom is -0.466 e. The number of carbonyl (C=O) groups excluding carboxylic acids is 3. The quantitative estimate of drug-likeness (QED) is 0.559. The van der Waals surface area contributed by atoms with Gasteiger partial charge < -0.3 is 25.0 Å². The van der Waals surface area contributed by atoms with Gasteiger partial charge in [0.2, 0.25) is 5.91 Å². The second-order valence-electron chi connectivity index (χ2n) is 7.29.